The highest BCUT2D eigenvalue weighted by Crippen LogP contribution is 2.12. The summed E-state index contributed by atoms with van der Waals surface area (Å²) in [4.78, 5) is 0. The molecule has 1 aliphatic heterocycles. The molecule has 0 saturated carbocycles. The Balaban J connectivity index is 1.82. The van der Waals surface area contributed by atoms with Crippen molar-refractivity contribution in [2.75, 3.05) is 19.8 Å². The fourth-order valence-electron chi connectivity index (χ4n) is 1.74. The molecule has 1 N–H and O–H groups in total. The van der Waals surface area contributed by atoms with Crippen molar-refractivity contribution in [2.45, 2.75) is 19.0 Å². The largest absolute Gasteiger partial charge is 0.492 e. The van der Waals surface area contributed by atoms with Crippen LogP contribution in [0.5, 0.6) is 5.75 Å². The first kappa shape index (κ1) is 11.4. The highest BCUT2D eigenvalue weighted by Gasteiger charge is 2.18. The van der Waals surface area contributed by atoms with Crippen LogP contribution in [0.2, 0.25) is 0 Å². The average molecular weight is 225 g/mol. The van der Waals surface area contributed by atoms with E-state index >= 15 is 0 Å². The number of hydrogen-bond donors (Lipinski definition) is 1. The third-order valence-corrected chi connectivity index (χ3v) is 2.45. The lowest BCUT2D eigenvalue weighted by molar-refractivity contribution is 0.0353. The van der Waals surface area contributed by atoms with Gasteiger partial charge >= 0.3 is 0 Å². The molecule has 0 spiro atoms. The van der Waals surface area contributed by atoms with Gasteiger partial charge < -0.3 is 14.8 Å². The fraction of sp³-hybridized carbons (Fsp3) is 0.500. The van der Waals surface area contributed by atoms with Crippen molar-refractivity contribution in [1.82, 2.24) is 5.32 Å². The molecule has 88 valence electrons. The summed E-state index contributed by atoms with van der Waals surface area (Å²) >= 11 is 0. The van der Waals surface area contributed by atoms with Crippen LogP contribution < -0.4 is 10.1 Å². The van der Waals surface area contributed by atoms with Gasteiger partial charge in [0.25, 0.3) is 0 Å². The molecular weight excluding hydrogens is 209 g/mol. The molecule has 0 amide bonds. The van der Waals surface area contributed by atoms with E-state index in [1.165, 1.54) is 12.1 Å². The van der Waals surface area contributed by atoms with Crippen LogP contribution in [0.15, 0.2) is 24.3 Å². The fourth-order valence-corrected chi connectivity index (χ4v) is 1.74. The van der Waals surface area contributed by atoms with Crippen LogP contribution in [0, 0.1) is 5.82 Å². The van der Waals surface area contributed by atoms with Crippen molar-refractivity contribution >= 4 is 0 Å². The summed E-state index contributed by atoms with van der Waals surface area (Å²) in [6.45, 7) is 3.93. The Hall–Kier alpha value is -1.13. The van der Waals surface area contributed by atoms with Gasteiger partial charge in [-0.1, -0.05) is 6.07 Å². The molecule has 0 aliphatic carbocycles. The van der Waals surface area contributed by atoms with Crippen molar-refractivity contribution in [3.63, 3.8) is 0 Å². The van der Waals surface area contributed by atoms with E-state index in [0.29, 0.717) is 25.0 Å². The minimum atomic E-state index is -0.279. The quantitative estimate of drug-likeness (QED) is 0.847. The van der Waals surface area contributed by atoms with Crippen LogP contribution in [0.3, 0.4) is 0 Å². The normalized spacial score (nSPS) is 25.4. The Morgan fingerprint density at radius 3 is 3.12 bits per heavy atom. The first-order valence-corrected chi connectivity index (χ1v) is 5.46. The van der Waals surface area contributed by atoms with Crippen molar-refractivity contribution in [1.29, 1.82) is 0 Å². The number of hydrogen-bond acceptors (Lipinski definition) is 3. The average Bonchev–Trinajstić information content (AvgIpc) is 2.27. The topological polar surface area (TPSA) is 30.5 Å². The molecule has 3 nitrogen and oxygen atoms in total. The monoisotopic (exact) mass is 225 g/mol. The van der Waals surface area contributed by atoms with Gasteiger partial charge in [-0.2, -0.15) is 0 Å². The lowest BCUT2D eigenvalue weighted by Gasteiger charge is -2.28. The van der Waals surface area contributed by atoms with Crippen LogP contribution >= 0.6 is 0 Å². The van der Waals surface area contributed by atoms with Gasteiger partial charge in [0, 0.05) is 12.1 Å². The van der Waals surface area contributed by atoms with Crippen LogP contribution in [0.4, 0.5) is 4.39 Å². The second kappa shape index (κ2) is 5.27. The zero-order valence-electron chi connectivity index (χ0n) is 9.28. The predicted octanol–water partition coefficient (Wildman–Crippen LogP) is 1.58. The Morgan fingerprint density at radius 1 is 1.50 bits per heavy atom. The van der Waals surface area contributed by atoms with Crippen LogP contribution in [0.25, 0.3) is 0 Å². The third-order valence-electron chi connectivity index (χ3n) is 2.45. The first-order chi connectivity index (χ1) is 7.74. The van der Waals surface area contributed by atoms with Gasteiger partial charge in [-0.15, -0.1) is 0 Å². The number of halogens is 1. The minimum Gasteiger partial charge on any atom is -0.492 e. The Kier molecular flexibility index (Phi) is 3.74. The van der Waals surface area contributed by atoms with Gasteiger partial charge in [-0.3, -0.25) is 0 Å². The number of ether oxygens (including phenoxy) is 2. The SMILES string of the molecule is CC1COCC(COc2cccc(F)c2)N1. The summed E-state index contributed by atoms with van der Waals surface area (Å²) in [6, 6.07) is 6.68. The molecule has 2 rings (SSSR count). The second-order valence-electron chi connectivity index (χ2n) is 4.07. The summed E-state index contributed by atoms with van der Waals surface area (Å²) < 4.78 is 23.8. The molecule has 1 fully saturated rings. The van der Waals surface area contributed by atoms with Crippen LogP contribution in [-0.4, -0.2) is 31.9 Å². The minimum absolute atomic E-state index is 0.173. The van der Waals surface area contributed by atoms with Crippen molar-refractivity contribution in [3.8, 4) is 5.75 Å². The number of nitrogens with one attached hydrogen (secondary N) is 1. The lowest BCUT2D eigenvalue weighted by Crippen LogP contribution is -2.50. The molecule has 1 aliphatic rings. The molecule has 16 heavy (non-hydrogen) atoms. The van der Waals surface area contributed by atoms with Gasteiger partial charge in [0.1, 0.15) is 18.2 Å². The molecule has 1 saturated heterocycles. The summed E-state index contributed by atoms with van der Waals surface area (Å²) in [5.41, 5.74) is 0. The van der Waals surface area contributed by atoms with E-state index < -0.39 is 0 Å². The standard InChI is InChI=1S/C12H16FNO2/c1-9-6-15-7-11(14-9)8-16-12-4-2-3-10(13)5-12/h2-5,9,11,14H,6-8H2,1H3. The molecule has 0 bridgehead atoms. The zero-order valence-corrected chi connectivity index (χ0v) is 9.28. The highest BCUT2D eigenvalue weighted by molar-refractivity contribution is 5.22. The summed E-state index contributed by atoms with van der Waals surface area (Å²) in [6.07, 6.45) is 0. The van der Waals surface area contributed by atoms with E-state index in [1.807, 2.05) is 0 Å². The zero-order chi connectivity index (χ0) is 11.4. The molecule has 2 atom stereocenters. The summed E-state index contributed by atoms with van der Waals surface area (Å²) in [5, 5.41) is 3.36. The molecule has 1 aromatic rings. The van der Waals surface area contributed by atoms with Gasteiger partial charge in [0.05, 0.1) is 19.3 Å². The van der Waals surface area contributed by atoms with Crippen molar-refractivity contribution in [3.05, 3.63) is 30.1 Å². The van der Waals surface area contributed by atoms with Gasteiger partial charge in [0.2, 0.25) is 0 Å². The van der Waals surface area contributed by atoms with Gasteiger partial charge in [0.15, 0.2) is 0 Å². The van der Waals surface area contributed by atoms with Crippen molar-refractivity contribution < 1.29 is 13.9 Å². The Morgan fingerprint density at radius 2 is 2.38 bits per heavy atom. The third kappa shape index (κ3) is 3.18. The number of benzene rings is 1. The van der Waals surface area contributed by atoms with Crippen molar-refractivity contribution in [2.24, 2.45) is 0 Å². The van der Waals surface area contributed by atoms with E-state index in [4.69, 9.17) is 9.47 Å². The Labute approximate surface area is 94.6 Å². The molecule has 1 heterocycles. The summed E-state index contributed by atoms with van der Waals surface area (Å²) in [7, 11) is 0. The molecular formula is C12H16FNO2. The first-order valence-electron chi connectivity index (χ1n) is 5.46. The predicted molar refractivity (Wildman–Crippen MR) is 59.1 cm³/mol. The highest BCUT2D eigenvalue weighted by atomic mass is 19.1. The van der Waals surface area contributed by atoms with E-state index in [0.717, 1.165) is 6.61 Å². The maximum atomic E-state index is 12.9. The maximum Gasteiger partial charge on any atom is 0.126 e. The molecule has 0 radical (unpaired) electrons. The van der Waals surface area contributed by atoms with Gasteiger partial charge in [-0.05, 0) is 19.1 Å². The van der Waals surface area contributed by atoms with Gasteiger partial charge in [-0.25, -0.2) is 4.39 Å². The summed E-state index contributed by atoms with van der Waals surface area (Å²) in [5.74, 6) is 0.277. The smallest absolute Gasteiger partial charge is 0.126 e. The van der Waals surface area contributed by atoms with E-state index in [1.54, 1.807) is 12.1 Å². The van der Waals surface area contributed by atoms with E-state index in [9.17, 15) is 4.39 Å². The maximum absolute atomic E-state index is 12.9. The molecule has 2 unspecified atom stereocenters. The number of rotatable bonds is 3. The van der Waals surface area contributed by atoms with E-state index in [-0.39, 0.29) is 11.9 Å². The van der Waals surface area contributed by atoms with Crippen LogP contribution in [0.1, 0.15) is 6.92 Å². The molecule has 1 aromatic carbocycles. The number of morpholine rings is 1. The lowest BCUT2D eigenvalue weighted by atomic mass is 10.2. The molecule has 4 heteroatoms. The Bertz CT molecular complexity index is 346. The van der Waals surface area contributed by atoms with E-state index in [2.05, 4.69) is 12.2 Å². The molecule has 0 aromatic heterocycles. The second-order valence-corrected chi connectivity index (χ2v) is 4.07. The van der Waals surface area contributed by atoms with Crippen LogP contribution in [-0.2, 0) is 4.74 Å².